The lowest BCUT2D eigenvalue weighted by Gasteiger charge is -2.47. The summed E-state index contributed by atoms with van der Waals surface area (Å²) in [5.74, 6) is 0. The molecule has 0 spiro atoms. The Labute approximate surface area is 187 Å². The number of alkyl halides is 1. The number of carbonyl (C=O) groups is 1. The summed E-state index contributed by atoms with van der Waals surface area (Å²) >= 11 is 2.10. The fourth-order valence-corrected chi connectivity index (χ4v) is 4.82. The number of aliphatic hydroxyl groups is 2. The molecule has 164 valence electrons. The van der Waals surface area contributed by atoms with E-state index in [1.54, 1.807) is 0 Å². The Morgan fingerprint density at radius 1 is 1.24 bits per heavy atom. The summed E-state index contributed by atoms with van der Waals surface area (Å²) in [7, 11) is -2.29. The number of hydrogen-bond acceptors (Lipinski definition) is 6. The number of halogens is 1. The number of rotatable bonds is 6. The van der Waals surface area contributed by atoms with E-state index in [0.717, 1.165) is 5.56 Å². The summed E-state index contributed by atoms with van der Waals surface area (Å²) in [6.07, 6.45) is -4.38. The first kappa shape index (κ1) is 24.5. The Morgan fingerprint density at radius 3 is 2.41 bits per heavy atom. The first-order valence-corrected chi connectivity index (χ1v) is 14.1. The molecular weight excluding hydrogens is 505 g/mol. The fraction of sp³-hybridized carbons (Fsp3) is 0.650. The third-order valence-electron chi connectivity index (χ3n) is 5.58. The summed E-state index contributed by atoms with van der Waals surface area (Å²) in [6.45, 7) is 10.5. The zero-order valence-corrected chi connectivity index (χ0v) is 20.8. The van der Waals surface area contributed by atoms with Gasteiger partial charge in [0, 0.05) is 4.43 Å². The van der Waals surface area contributed by atoms with Gasteiger partial charge in [-0.1, -0.05) is 73.7 Å². The van der Waals surface area contributed by atoms with Crippen molar-refractivity contribution in [3.63, 3.8) is 0 Å². The van der Waals surface area contributed by atoms with E-state index in [2.05, 4.69) is 61.8 Å². The van der Waals surface area contributed by atoms with E-state index in [0.29, 0.717) is 4.43 Å². The number of amides is 1. The van der Waals surface area contributed by atoms with Crippen LogP contribution in [0.1, 0.15) is 26.3 Å². The molecule has 5 atom stereocenters. The van der Waals surface area contributed by atoms with Gasteiger partial charge >= 0.3 is 6.09 Å². The molecule has 7 nitrogen and oxygen atoms in total. The average molecular weight is 537 g/mol. The molecule has 0 aromatic heterocycles. The van der Waals surface area contributed by atoms with Gasteiger partial charge in [0.15, 0.2) is 14.6 Å². The van der Waals surface area contributed by atoms with E-state index in [4.69, 9.17) is 13.9 Å². The largest absolute Gasteiger partial charge is 0.445 e. The van der Waals surface area contributed by atoms with Crippen LogP contribution in [0.4, 0.5) is 4.79 Å². The van der Waals surface area contributed by atoms with E-state index in [1.807, 2.05) is 30.3 Å². The van der Waals surface area contributed by atoms with Crippen molar-refractivity contribution in [1.82, 2.24) is 5.32 Å². The smallest absolute Gasteiger partial charge is 0.407 e. The van der Waals surface area contributed by atoms with Crippen molar-refractivity contribution in [1.29, 1.82) is 0 Å². The lowest BCUT2D eigenvalue weighted by atomic mass is 9.98. The normalized spacial score (nSPS) is 28.1. The quantitative estimate of drug-likeness (QED) is 0.293. The highest BCUT2D eigenvalue weighted by Gasteiger charge is 2.50. The van der Waals surface area contributed by atoms with Gasteiger partial charge in [0.2, 0.25) is 0 Å². The maximum atomic E-state index is 12.4. The Balaban J connectivity index is 2.13. The third kappa shape index (κ3) is 6.38. The Kier molecular flexibility index (Phi) is 8.51. The summed E-state index contributed by atoms with van der Waals surface area (Å²) < 4.78 is 17.7. The molecule has 2 rings (SSSR count). The number of ether oxygens (including phenoxy) is 2. The molecule has 0 saturated carbocycles. The van der Waals surface area contributed by atoms with Crippen molar-refractivity contribution in [2.75, 3.05) is 4.43 Å². The molecular formula is C20H32INO6Si. The van der Waals surface area contributed by atoms with Crippen LogP contribution in [0.15, 0.2) is 30.3 Å². The molecule has 9 heteroatoms. The zero-order valence-electron chi connectivity index (χ0n) is 17.6. The van der Waals surface area contributed by atoms with E-state index < -0.39 is 45.1 Å². The van der Waals surface area contributed by atoms with Crippen LogP contribution in [0.2, 0.25) is 18.1 Å². The van der Waals surface area contributed by atoms with Crippen LogP contribution in [-0.4, -0.2) is 59.7 Å². The maximum absolute atomic E-state index is 12.4. The van der Waals surface area contributed by atoms with Gasteiger partial charge < -0.3 is 29.4 Å². The van der Waals surface area contributed by atoms with Crippen LogP contribution in [0.3, 0.4) is 0 Å². The summed E-state index contributed by atoms with van der Waals surface area (Å²) in [5.41, 5.74) is 0.849. The van der Waals surface area contributed by atoms with E-state index in [-0.39, 0.29) is 11.6 Å². The number of hydrogen-bond donors (Lipinski definition) is 3. The average Bonchev–Trinajstić information content (AvgIpc) is 2.65. The number of carbonyl (C=O) groups excluding carboxylic acids is 1. The number of aliphatic hydroxyl groups excluding tert-OH is 2. The number of alkyl carbamates (subject to hydrolysis) is 1. The molecule has 3 N–H and O–H groups in total. The van der Waals surface area contributed by atoms with Crippen molar-refractivity contribution >= 4 is 37.0 Å². The third-order valence-corrected chi connectivity index (χ3v) is 10.9. The standard InChI is InChI=1S/C20H32INO6Si/c1-20(2,3)29(4,5)28-17-15(18(24)27-14(11-21)16(17)23)22-19(25)26-12-13-9-7-6-8-10-13/h6-10,14-18,23-24H,11-12H2,1-5H3,(H,22,25)/t14-,15-,16-,17-,18+/m1/s1. The van der Waals surface area contributed by atoms with Crippen LogP contribution < -0.4 is 5.32 Å². The minimum absolute atomic E-state index is 0.100. The second-order valence-electron chi connectivity index (χ2n) is 8.78. The van der Waals surface area contributed by atoms with Crippen molar-refractivity contribution in [2.45, 2.75) is 76.2 Å². The van der Waals surface area contributed by atoms with Crippen molar-refractivity contribution in [3.8, 4) is 0 Å². The van der Waals surface area contributed by atoms with Gasteiger partial charge in [0.05, 0.1) is 12.2 Å². The summed E-state index contributed by atoms with van der Waals surface area (Å²) in [6, 6.07) is 8.36. The number of benzene rings is 1. The van der Waals surface area contributed by atoms with E-state index in [9.17, 15) is 15.0 Å². The van der Waals surface area contributed by atoms with Gasteiger partial charge in [-0.15, -0.1) is 0 Å². The molecule has 1 amide bonds. The topological polar surface area (TPSA) is 97.3 Å². The molecule has 0 aliphatic carbocycles. The Hall–Kier alpha value is -0.723. The highest BCUT2D eigenvalue weighted by atomic mass is 127. The van der Waals surface area contributed by atoms with E-state index >= 15 is 0 Å². The predicted molar refractivity (Wildman–Crippen MR) is 121 cm³/mol. The predicted octanol–water partition coefficient (Wildman–Crippen LogP) is 3.18. The molecule has 1 aliphatic rings. The highest BCUT2D eigenvalue weighted by molar-refractivity contribution is 14.1. The molecule has 29 heavy (non-hydrogen) atoms. The van der Waals surface area contributed by atoms with Crippen LogP contribution in [0, 0.1) is 0 Å². The van der Waals surface area contributed by atoms with Gasteiger partial charge in [0.1, 0.15) is 18.8 Å². The maximum Gasteiger partial charge on any atom is 0.407 e. The van der Waals surface area contributed by atoms with Crippen LogP contribution in [-0.2, 0) is 20.5 Å². The minimum Gasteiger partial charge on any atom is -0.445 e. The van der Waals surface area contributed by atoms with Crippen molar-refractivity contribution in [2.24, 2.45) is 0 Å². The molecule has 0 unspecified atom stereocenters. The van der Waals surface area contributed by atoms with Crippen molar-refractivity contribution < 1.29 is 28.9 Å². The first-order valence-electron chi connectivity index (χ1n) is 9.69. The van der Waals surface area contributed by atoms with Crippen LogP contribution >= 0.6 is 22.6 Å². The summed E-state index contributed by atoms with van der Waals surface area (Å²) in [4.78, 5) is 12.4. The van der Waals surface area contributed by atoms with Gasteiger partial charge in [-0.3, -0.25) is 0 Å². The van der Waals surface area contributed by atoms with Gasteiger partial charge in [0.25, 0.3) is 0 Å². The first-order chi connectivity index (χ1) is 13.5. The molecule has 0 radical (unpaired) electrons. The molecule has 1 aromatic rings. The van der Waals surface area contributed by atoms with Crippen LogP contribution in [0.25, 0.3) is 0 Å². The van der Waals surface area contributed by atoms with Gasteiger partial charge in [-0.2, -0.15) is 0 Å². The number of nitrogens with one attached hydrogen (secondary N) is 1. The second-order valence-corrected chi connectivity index (χ2v) is 14.4. The fourth-order valence-electron chi connectivity index (χ4n) is 2.77. The Morgan fingerprint density at radius 2 is 1.86 bits per heavy atom. The summed E-state index contributed by atoms with van der Waals surface area (Å²) in [5, 5.41) is 23.9. The van der Waals surface area contributed by atoms with Gasteiger partial charge in [-0.25, -0.2) is 4.79 Å². The highest BCUT2D eigenvalue weighted by Crippen LogP contribution is 2.39. The molecule has 1 heterocycles. The molecule has 1 saturated heterocycles. The SMILES string of the molecule is CC(C)(C)[Si](C)(C)O[C@H]1[C@H](O)[C@@H](CI)O[C@H](O)[C@@H]1NC(=O)OCc1ccccc1. The molecule has 1 fully saturated rings. The molecule has 1 aromatic carbocycles. The zero-order chi connectivity index (χ0) is 21.8. The van der Waals surface area contributed by atoms with E-state index in [1.165, 1.54) is 0 Å². The monoisotopic (exact) mass is 537 g/mol. The van der Waals surface area contributed by atoms with Crippen molar-refractivity contribution in [3.05, 3.63) is 35.9 Å². The molecule has 0 bridgehead atoms. The molecule has 1 aliphatic heterocycles. The lowest BCUT2D eigenvalue weighted by Crippen LogP contribution is -2.67. The Bertz CT molecular complexity index is 669. The van der Waals surface area contributed by atoms with Crippen LogP contribution in [0.5, 0.6) is 0 Å². The minimum atomic E-state index is -2.29. The van der Waals surface area contributed by atoms with Gasteiger partial charge in [-0.05, 0) is 23.7 Å². The second kappa shape index (κ2) is 10.1. The lowest BCUT2D eigenvalue weighted by molar-refractivity contribution is -0.236.